The van der Waals surface area contributed by atoms with Gasteiger partial charge in [0, 0.05) is 5.92 Å². The van der Waals surface area contributed by atoms with E-state index in [1.165, 1.54) is 6.92 Å². The molecule has 1 fully saturated rings. The predicted molar refractivity (Wildman–Crippen MR) is 39.1 cm³/mol. The zero-order valence-electron chi connectivity index (χ0n) is 6.54. The number of carbonyl (C=O) groups excluding carboxylic acids is 1. The van der Waals surface area contributed by atoms with Gasteiger partial charge in [0.25, 0.3) is 0 Å². The summed E-state index contributed by atoms with van der Waals surface area (Å²) in [6, 6.07) is 0. The quantitative estimate of drug-likeness (QED) is 0.622. The Morgan fingerprint density at radius 3 is 2.27 bits per heavy atom. The second-order valence-corrected chi connectivity index (χ2v) is 3.09. The fourth-order valence-electron chi connectivity index (χ4n) is 1.17. The van der Waals surface area contributed by atoms with Crippen molar-refractivity contribution >= 4 is 11.8 Å². The van der Waals surface area contributed by atoms with Crippen LogP contribution in [-0.4, -0.2) is 16.9 Å². The predicted octanol–water partition coefficient (Wildman–Crippen LogP) is 1.08. The van der Waals surface area contributed by atoms with Gasteiger partial charge in [0.15, 0.2) is 0 Å². The van der Waals surface area contributed by atoms with Crippen LogP contribution in [-0.2, 0) is 9.59 Å². The first-order valence-corrected chi connectivity index (χ1v) is 3.89. The normalized spacial score (nSPS) is 20.5. The summed E-state index contributed by atoms with van der Waals surface area (Å²) in [6.45, 7) is 1.46. The maximum Gasteiger partial charge on any atom is 0.313 e. The minimum atomic E-state index is -0.998. The average Bonchev–Trinajstić information content (AvgIpc) is 1.82. The molecule has 0 radical (unpaired) electrons. The molecule has 1 rings (SSSR count). The molecule has 0 saturated heterocycles. The van der Waals surface area contributed by atoms with Crippen molar-refractivity contribution in [3.63, 3.8) is 0 Å². The molecule has 0 heterocycles. The zero-order chi connectivity index (χ0) is 8.43. The Morgan fingerprint density at radius 2 is 2.00 bits per heavy atom. The third-order valence-electron chi connectivity index (χ3n) is 2.30. The standard InChI is InChI=1S/C8H12O3/c1-5(8(10)11)7(9)6-3-2-4-6/h5-6H,2-4H2,1H3,(H,10,11). The molecule has 11 heavy (non-hydrogen) atoms. The molecule has 0 aromatic heterocycles. The van der Waals surface area contributed by atoms with Crippen molar-refractivity contribution in [3.8, 4) is 0 Å². The van der Waals surface area contributed by atoms with E-state index in [2.05, 4.69) is 0 Å². The topological polar surface area (TPSA) is 54.4 Å². The van der Waals surface area contributed by atoms with Crippen molar-refractivity contribution in [2.45, 2.75) is 26.2 Å². The summed E-state index contributed by atoms with van der Waals surface area (Å²) in [5.74, 6) is -1.85. The molecule has 1 saturated carbocycles. The van der Waals surface area contributed by atoms with Crippen LogP contribution in [0.4, 0.5) is 0 Å². The van der Waals surface area contributed by atoms with E-state index in [0.29, 0.717) is 0 Å². The molecule has 0 aliphatic heterocycles. The summed E-state index contributed by atoms with van der Waals surface area (Å²) in [5.41, 5.74) is 0. The summed E-state index contributed by atoms with van der Waals surface area (Å²) in [6.07, 6.45) is 2.84. The van der Waals surface area contributed by atoms with Crippen LogP contribution in [0.15, 0.2) is 0 Å². The number of hydrogen-bond acceptors (Lipinski definition) is 2. The molecule has 1 N–H and O–H groups in total. The molecule has 1 aliphatic carbocycles. The van der Waals surface area contributed by atoms with Gasteiger partial charge in [-0.1, -0.05) is 6.42 Å². The summed E-state index contributed by atoms with van der Waals surface area (Å²) >= 11 is 0. The van der Waals surface area contributed by atoms with Crippen molar-refractivity contribution in [2.24, 2.45) is 11.8 Å². The first-order valence-electron chi connectivity index (χ1n) is 3.89. The van der Waals surface area contributed by atoms with E-state index < -0.39 is 11.9 Å². The van der Waals surface area contributed by atoms with Crippen LogP contribution in [0.1, 0.15) is 26.2 Å². The van der Waals surface area contributed by atoms with Crippen LogP contribution in [0.3, 0.4) is 0 Å². The molecular weight excluding hydrogens is 144 g/mol. The third-order valence-corrected chi connectivity index (χ3v) is 2.30. The van der Waals surface area contributed by atoms with Crippen LogP contribution >= 0.6 is 0 Å². The lowest BCUT2D eigenvalue weighted by atomic mass is 9.78. The maximum atomic E-state index is 11.2. The lowest BCUT2D eigenvalue weighted by Crippen LogP contribution is -2.31. The molecule has 0 bridgehead atoms. The SMILES string of the molecule is CC(C(=O)O)C(=O)C1CCC1. The fourth-order valence-corrected chi connectivity index (χ4v) is 1.17. The molecule has 0 aromatic rings. The van der Waals surface area contributed by atoms with E-state index in [1.807, 2.05) is 0 Å². The summed E-state index contributed by atoms with van der Waals surface area (Å²) in [7, 11) is 0. The van der Waals surface area contributed by atoms with Crippen molar-refractivity contribution in [1.29, 1.82) is 0 Å². The Bertz CT molecular complexity index is 182. The zero-order valence-corrected chi connectivity index (χ0v) is 6.54. The Hall–Kier alpha value is -0.860. The first kappa shape index (κ1) is 8.24. The molecule has 0 amide bonds. The number of ketones is 1. The molecule has 62 valence electrons. The second-order valence-electron chi connectivity index (χ2n) is 3.09. The van der Waals surface area contributed by atoms with Crippen LogP contribution in [0.2, 0.25) is 0 Å². The number of carbonyl (C=O) groups is 2. The van der Waals surface area contributed by atoms with Gasteiger partial charge in [0.05, 0.1) is 0 Å². The van der Waals surface area contributed by atoms with E-state index in [4.69, 9.17) is 5.11 Å². The van der Waals surface area contributed by atoms with Gasteiger partial charge in [-0.25, -0.2) is 0 Å². The molecule has 1 unspecified atom stereocenters. The Labute approximate surface area is 65.4 Å². The minimum absolute atomic E-state index is 0.0427. The van der Waals surface area contributed by atoms with E-state index in [-0.39, 0.29) is 11.7 Å². The van der Waals surface area contributed by atoms with Crippen molar-refractivity contribution < 1.29 is 14.7 Å². The highest BCUT2D eigenvalue weighted by molar-refractivity contribution is 5.99. The van der Waals surface area contributed by atoms with Gasteiger partial charge in [-0.3, -0.25) is 9.59 Å². The van der Waals surface area contributed by atoms with E-state index in [1.54, 1.807) is 0 Å². The van der Waals surface area contributed by atoms with Gasteiger partial charge in [-0.15, -0.1) is 0 Å². The van der Waals surface area contributed by atoms with Gasteiger partial charge in [0.1, 0.15) is 11.7 Å². The molecule has 0 aromatic carbocycles. The summed E-state index contributed by atoms with van der Waals surface area (Å²) in [4.78, 5) is 21.6. The Balaban J connectivity index is 2.45. The van der Waals surface area contributed by atoms with Crippen molar-refractivity contribution in [1.82, 2.24) is 0 Å². The fraction of sp³-hybridized carbons (Fsp3) is 0.750. The van der Waals surface area contributed by atoms with Gasteiger partial charge < -0.3 is 5.11 Å². The number of hydrogen-bond donors (Lipinski definition) is 1. The molecule has 3 nitrogen and oxygen atoms in total. The average molecular weight is 156 g/mol. The smallest absolute Gasteiger partial charge is 0.313 e. The molecule has 0 spiro atoms. The highest BCUT2D eigenvalue weighted by atomic mass is 16.4. The third kappa shape index (κ3) is 1.59. The Kier molecular flexibility index (Phi) is 2.27. The minimum Gasteiger partial charge on any atom is -0.481 e. The molecule has 1 aliphatic rings. The number of carboxylic acids is 1. The van der Waals surface area contributed by atoms with Crippen molar-refractivity contribution in [2.75, 3.05) is 0 Å². The monoisotopic (exact) mass is 156 g/mol. The number of rotatable bonds is 3. The van der Waals surface area contributed by atoms with Gasteiger partial charge in [0.2, 0.25) is 0 Å². The van der Waals surface area contributed by atoms with Crippen LogP contribution < -0.4 is 0 Å². The largest absolute Gasteiger partial charge is 0.481 e. The van der Waals surface area contributed by atoms with Gasteiger partial charge in [-0.05, 0) is 19.8 Å². The highest BCUT2D eigenvalue weighted by Gasteiger charge is 2.31. The van der Waals surface area contributed by atoms with Crippen LogP contribution in [0.25, 0.3) is 0 Å². The van der Waals surface area contributed by atoms with Crippen molar-refractivity contribution in [3.05, 3.63) is 0 Å². The highest BCUT2D eigenvalue weighted by Crippen LogP contribution is 2.29. The van der Waals surface area contributed by atoms with Gasteiger partial charge in [-0.2, -0.15) is 0 Å². The lowest BCUT2D eigenvalue weighted by molar-refractivity contribution is -0.147. The van der Waals surface area contributed by atoms with Gasteiger partial charge >= 0.3 is 5.97 Å². The van der Waals surface area contributed by atoms with Crippen LogP contribution in [0, 0.1) is 11.8 Å². The first-order chi connectivity index (χ1) is 5.13. The lowest BCUT2D eigenvalue weighted by Gasteiger charge is -2.25. The Morgan fingerprint density at radius 1 is 1.45 bits per heavy atom. The van der Waals surface area contributed by atoms with E-state index >= 15 is 0 Å². The van der Waals surface area contributed by atoms with Crippen LogP contribution in [0.5, 0.6) is 0 Å². The van der Waals surface area contributed by atoms with E-state index in [9.17, 15) is 9.59 Å². The number of carboxylic acid groups (broad SMARTS) is 1. The molecular formula is C8H12O3. The number of aliphatic carboxylic acids is 1. The maximum absolute atomic E-state index is 11.2. The second kappa shape index (κ2) is 3.03. The summed E-state index contributed by atoms with van der Waals surface area (Å²) in [5, 5.41) is 8.50. The molecule has 1 atom stereocenters. The number of Topliss-reactive ketones (excluding diaryl/α,β-unsaturated/α-hetero) is 1. The van der Waals surface area contributed by atoms with E-state index in [0.717, 1.165) is 19.3 Å². The summed E-state index contributed by atoms with van der Waals surface area (Å²) < 4.78 is 0. The molecule has 3 heteroatoms.